The van der Waals surface area contributed by atoms with Gasteiger partial charge in [0.25, 0.3) is 0 Å². The molecule has 7 nitrogen and oxygen atoms in total. The largest absolute Gasteiger partial charge is 0.493 e. The Kier molecular flexibility index (Phi) is 7.01. The van der Waals surface area contributed by atoms with Crippen LogP contribution in [-0.2, 0) is 11.3 Å². The molecule has 0 unspecified atom stereocenters. The van der Waals surface area contributed by atoms with E-state index >= 15 is 0 Å². The van der Waals surface area contributed by atoms with Crippen molar-refractivity contribution in [3.8, 4) is 28.4 Å². The standard InChI is InChI=1S/C27H23FO7/c1-4-33-27(30)26-24(16-9-12-21(31-2)23(13-16)32-3)25(29)19-11-10-18(14-22(19)35-26)34-15-17-7-5-6-8-20(17)28/h5-14H,4,15H2,1-3H3. The molecule has 0 bridgehead atoms. The van der Waals surface area contributed by atoms with Crippen molar-refractivity contribution in [1.29, 1.82) is 0 Å². The molecule has 0 aliphatic heterocycles. The molecule has 0 aliphatic carbocycles. The van der Waals surface area contributed by atoms with Crippen LogP contribution in [0.2, 0.25) is 0 Å². The van der Waals surface area contributed by atoms with Crippen molar-refractivity contribution in [2.24, 2.45) is 0 Å². The molecule has 8 heteroatoms. The maximum atomic E-state index is 13.9. The molecule has 1 heterocycles. The summed E-state index contributed by atoms with van der Waals surface area (Å²) in [5, 5.41) is 0.237. The predicted molar refractivity (Wildman–Crippen MR) is 128 cm³/mol. The zero-order valence-electron chi connectivity index (χ0n) is 19.4. The van der Waals surface area contributed by atoms with Gasteiger partial charge in [-0.15, -0.1) is 0 Å². The number of hydrogen-bond donors (Lipinski definition) is 0. The molecule has 0 spiro atoms. The van der Waals surface area contributed by atoms with Crippen LogP contribution in [0, 0.1) is 5.82 Å². The molecule has 0 aliphatic rings. The SMILES string of the molecule is CCOC(=O)c1oc2cc(OCc3ccccc3F)ccc2c(=O)c1-c1ccc(OC)c(OC)c1. The van der Waals surface area contributed by atoms with E-state index in [1.807, 2.05) is 0 Å². The Hall–Kier alpha value is -4.33. The van der Waals surface area contributed by atoms with Gasteiger partial charge in [0.15, 0.2) is 11.5 Å². The minimum Gasteiger partial charge on any atom is -0.493 e. The summed E-state index contributed by atoms with van der Waals surface area (Å²) >= 11 is 0. The van der Waals surface area contributed by atoms with E-state index in [2.05, 4.69) is 0 Å². The minimum absolute atomic E-state index is 0.0170. The van der Waals surface area contributed by atoms with Crippen molar-refractivity contribution in [1.82, 2.24) is 0 Å². The van der Waals surface area contributed by atoms with Gasteiger partial charge in [-0.2, -0.15) is 0 Å². The maximum absolute atomic E-state index is 13.9. The monoisotopic (exact) mass is 478 g/mol. The number of halogens is 1. The van der Waals surface area contributed by atoms with Crippen LogP contribution < -0.4 is 19.6 Å². The van der Waals surface area contributed by atoms with Gasteiger partial charge >= 0.3 is 5.97 Å². The van der Waals surface area contributed by atoms with Crippen molar-refractivity contribution >= 4 is 16.9 Å². The summed E-state index contributed by atoms with van der Waals surface area (Å²) in [5.74, 6) is -0.217. The quantitative estimate of drug-likeness (QED) is 0.315. The fourth-order valence-electron chi connectivity index (χ4n) is 3.63. The Bertz CT molecular complexity index is 1440. The lowest BCUT2D eigenvalue weighted by Crippen LogP contribution is -2.15. The molecule has 1 aromatic heterocycles. The molecule has 0 amide bonds. The summed E-state index contributed by atoms with van der Waals surface area (Å²) in [5.41, 5.74) is 0.527. The third kappa shape index (κ3) is 4.82. The normalized spacial score (nSPS) is 10.7. The molecule has 0 saturated carbocycles. The summed E-state index contributed by atoms with van der Waals surface area (Å²) in [6.07, 6.45) is 0. The van der Waals surface area contributed by atoms with Crippen LogP contribution in [0.1, 0.15) is 23.0 Å². The third-order valence-corrected chi connectivity index (χ3v) is 5.35. The van der Waals surface area contributed by atoms with E-state index in [4.69, 9.17) is 23.4 Å². The van der Waals surface area contributed by atoms with E-state index in [0.29, 0.717) is 28.4 Å². The Morgan fingerprint density at radius 2 is 1.74 bits per heavy atom. The zero-order chi connectivity index (χ0) is 24.9. The van der Waals surface area contributed by atoms with Gasteiger partial charge in [0.1, 0.15) is 23.8 Å². The number of carbonyl (C=O) groups excluding carboxylic acids is 1. The average molecular weight is 478 g/mol. The van der Waals surface area contributed by atoms with E-state index in [1.54, 1.807) is 49.4 Å². The highest BCUT2D eigenvalue weighted by Gasteiger charge is 2.24. The van der Waals surface area contributed by atoms with Gasteiger partial charge in [0.2, 0.25) is 11.2 Å². The first-order valence-electron chi connectivity index (χ1n) is 10.8. The number of carbonyl (C=O) groups is 1. The van der Waals surface area contributed by atoms with Crippen LogP contribution in [0.4, 0.5) is 4.39 Å². The van der Waals surface area contributed by atoms with E-state index in [9.17, 15) is 14.0 Å². The third-order valence-electron chi connectivity index (χ3n) is 5.35. The lowest BCUT2D eigenvalue weighted by molar-refractivity contribution is 0.0492. The molecular weight excluding hydrogens is 455 g/mol. The van der Waals surface area contributed by atoms with Crippen molar-refractivity contribution in [3.63, 3.8) is 0 Å². The van der Waals surface area contributed by atoms with Gasteiger partial charge in [-0.25, -0.2) is 9.18 Å². The number of methoxy groups -OCH3 is 2. The Morgan fingerprint density at radius 3 is 2.46 bits per heavy atom. The van der Waals surface area contributed by atoms with E-state index in [1.165, 1.54) is 32.4 Å². The summed E-state index contributed by atoms with van der Waals surface area (Å²) in [6, 6.07) is 15.7. The molecule has 3 aromatic carbocycles. The molecule has 180 valence electrons. The van der Waals surface area contributed by atoms with Crippen LogP contribution in [-0.4, -0.2) is 26.8 Å². The number of fused-ring (bicyclic) bond motifs is 1. The molecule has 4 aromatic rings. The van der Waals surface area contributed by atoms with Crippen molar-refractivity contribution in [3.05, 3.63) is 88.0 Å². The highest BCUT2D eigenvalue weighted by Crippen LogP contribution is 2.34. The second-order valence-electron chi connectivity index (χ2n) is 7.46. The van der Waals surface area contributed by atoms with Gasteiger partial charge in [0, 0.05) is 11.6 Å². The van der Waals surface area contributed by atoms with Gasteiger partial charge in [-0.05, 0) is 42.8 Å². The zero-order valence-corrected chi connectivity index (χ0v) is 19.4. The topological polar surface area (TPSA) is 84.2 Å². The van der Waals surface area contributed by atoms with E-state index < -0.39 is 11.4 Å². The van der Waals surface area contributed by atoms with Crippen LogP contribution in [0.3, 0.4) is 0 Å². The Morgan fingerprint density at radius 1 is 0.971 bits per heavy atom. The lowest BCUT2D eigenvalue weighted by Gasteiger charge is -2.13. The average Bonchev–Trinajstić information content (AvgIpc) is 2.87. The van der Waals surface area contributed by atoms with Gasteiger partial charge in [-0.3, -0.25) is 4.79 Å². The van der Waals surface area contributed by atoms with Gasteiger partial charge < -0.3 is 23.4 Å². The minimum atomic E-state index is -0.783. The number of esters is 1. The second-order valence-corrected chi connectivity index (χ2v) is 7.46. The predicted octanol–water partition coefficient (Wildman–Crippen LogP) is 5.37. The molecule has 0 atom stereocenters. The van der Waals surface area contributed by atoms with Crippen LogP contribution >= 0.6 is 0 Å². The van der Waals surface area contributed by atoms with Crippen LogP contribution in [0.5, 0.6) is 17.2 Å². The van der Waals surface area contributed by atoms with Crippen molar-refractivity contribution in [2.45, 2.75) is 13.5 Å². The van der Waals surface area contributed by atoms with Crippen LogP contribution in [0.15, 0.2) is 69.9 Å². The van der Waals surface area contributed by atoms with Crippen LogP contribution in [0.25, 0.3) is 22.1 Å². The molecule has 4 rings (SSSR count). The van der Waals surface area contributed by atoms with E-state index in [0.717, 1.165) is 0 Å². The summed E-state index contributed by atoms with van der Waals surface area (Å²) in [4.78, 5) is 26.3. The van der Waals surface area contributed by atoms with Gasteiger partial charge in [0.05, 0.1) is 31.8 Å². The highest BCUT2D eigenvalue weighted by atomic mass is 19.1. The smallest absolute Gasteiger partial charge is 0.375 e. The summed E-state index contributed by atoms with van der Waals surface area (Å²) in [7, 11) is 2.97. The Balaban J connectivity index is 1.81. The molecule has 0 saturated heterocycles. The van der Waals surface area contributed by atoms with Crippen molar-refractivity contribution < 1.29 is 32.5 Å². The highest BCUT2D eigenvalue weighted by molar-refractivity contribution is 5.98. The molecule has 35 heavy (non-hydrogen) atoms. The van der Waals surface area contributed by atoms with Gasteiger partial charge in [-0.1, -0.05) is 24.3 Å². The first kappa shape index (κ1) is 23.8. The number of benzene rings is 3. The maximum Gasteiger partial charge on any atom is 0.375 e. The lowest BCUT2D eigenvalue weighted by atomic mass is 10.0. The fraction of sp³-hybridized carbons (Fsp3) is 0.185. The Labute approximate surface area is 200 Å². The van der Waals surface area contributed by atoms with Crippen molar-refractivity contribution in [2.75, 3.05) is 20.8 Å². The second kappa shape index (κ2) is 10.3. The molecular formula is C27H23FO7. The fourth-order valence-corrected chi connectivity index (χ4v) is 3.63. The number of rotatable bonds is 8. The van der Waals surface area contributed by atoms with E-state index in [-0.39, 0.29) is 41.3 Å². The molecule has 0 N–H and O–H groups in total. The first-order valence-corrected chi connectivity index (χ1v) is 10.8. The molecule has 0 fully saturated rings. The number of ether oxygens (including phenoxy) is 4. The number of hydrogen-bond acceptors (Lipinski definition) is 7. The first-order chi connectivity index (χ1) is 17.0. The summed E-state index contributed by atoms with van der Waals surface area (Å²) < 4.78 is 41.2. The summed E-state index contributed by atoms with van der Waals surface area (Å²) in [6.45, 7) is 1.73. The molecule has 0 radical (unpaired) electrons.